The summed E-state index contributed by atoms with van der Waals surface area (Å²) in [6.45, 7) is 0. The SMILES string of the molecule is N#CCc1cc(CCl)c2ncccc2n1. The first kappa shape index (κ1) is 9.88. The van der Waals surface area contributed by atoms with Gasteiger partial charge in [0.05, 0.1) is 29.2 Å². The zero-order valence-electron chi connectivity index (χ0n) is 7.94. The predicted molar refractivity (Wildman–Crippen MR) is 58.4 cm³/mol. The molecule has 0 aliphatic heterocycles. The van der Waals surface area contributed by atoms with Crippen molar-refractivity contribution in [1.29, 1.82) is 5.26 Å². The molecule has 2 aromatic rings. The molecule has 0 spiro atoms. The third-order valence-electron chi connectivity index (χ3n) is 2.10. The molecule has 0 aliphatic rings. The van der Waals surface area contributed by atoms with Crippen LogP contribution in [0, 0.1) is 11.3 Å². The average Bonchev–Trinajstić information content (AvgIpc) is 2.28. The van der Waals surface area contributed by atoms with Crippen molar-refractivity contribution in [2.24, 2.45) is 0 Å². The van der Waals surface area contributed by atoms with Crippen molar-refractivity contribution in [3.8, 4) is 6.07 Å². The summed E-state index contributed by atoms with van der Waals surface area (Å²) in [5, 5.41) is 8.62. The van der Waals surface area contributed by atoms with E-state index < -0.39 is 0 Å². The van der Waals surface area contributed by atoms with E-state index in [1.165, 1.54) is 0 Å². The lowest BCUT2D eigenvalue weighted by atomic mass is 10.1. The van der Waals surface area contributed by atoms with E-state index in [0.29, 0.717) is 12.3 Å². The molecule has 0 aromatic carbocycles. The third kappa shape index (κ3) is 1.90. The van der Waals surface area contributed by atoms with Crippen LogP contribution in [0.15, 0.2) is 24.4 Å². The lowest BCUT2D eigenvalue weighted by Crippen LogP contribution is -1.94. The van der Waals surface area contributed by atoms with Crippen LogP contribution in [-0.2, 0) is 12.3 Å². The van der Waals surface area contributed by atoms with Gasteiger partial charge in [-0.15, -0.1) is 11.6 Å². The van der Waals surface area contributed by atoms with Gasteiger partial charge in [-0.2, -0.15) is 5.26 Å². The average molecular weight is 218 g/mol. The largest absolute Gasteiger partial charge is 0.254 e. The van der Waals surface area contributed by atoms with Crippen molar-refractivity contribution >= 4 is 22.6 Å². The van der Waals surface area contributed by atoms with Gasteiger partial charge in [-0.1, -0.05) is 0 Å². The fraction of sp³-hybridized carbons (Fsp3) is 0.182. The molecule has 0 fully saturated rings. The van der Waals surface area contributed by atoms with E-state index in [1.807, 2.05) is 18.2 Å². The summed E-state index contributed by atoms with van der Waals surface area (Å²) in [7, 11) is 0. The van der Waals surface area contributed by atoms with Gasteiger partial charge < -0.3 is 0 Å². The number of fused-ring (bicyclic) bond motifs is 1. The van der Waals surface area contributed by atoms with Crippen LogP contribution in [0.25, 0.3) is 11.0 Å². The quantitative estimate of drug-likeness (QED) is 0.726. The molecular formula is C11H8ClN3. The molecule has 0 aliphatic carbocycles. The molecule has 15 heavy (non-hydrogen) atoms. The molecule has 0 N–H and O–H groups in total. The molecule has 0 atom stereocenters. The topological polar surface area (TPSA) is 49.6 Å². The first-order valence-electron chi connectivity index (χ1n) is 4.51. The fourth-order valence-electron chi connectivity index (χ4n) is 1.46. The van der Waals surface area contributed by atoms with E-state index >= 15 is 0 Å². The van der Waals surface area contributed by atoms with Crippen LogP contribution in [-0.4, -0.2) is 9.97 Å². The number of alkyl halides is 1. The van der Waals surface area contributed by atoms with Gasteiger partial charge >= 0.3 is 0 Å². The Morgan fingerprint density at radius 3 is 3.07 bits per heavy atom. The molecular weight excluding hydrogens is 210 g/mol. The van der Waals surface area contributed by atoms with Crippen LogP contribution < -0.4 is 0 Å². The summed E-state index contributed by atoms with van der Waals surface area (Å²) in [6.07, 6.45) is 2.01. The first-order chi connectivity index (χ1) is 7.35. The highest BCUT2D eigenvalue weighted by atomic mass is 35.5. The number of halogens is 1. The van der Waals surface area contributed by atoms with Crippen molar-refractivity contribution in [1.82, 2.24) is 9.97 Å². The van der Waals surface area contributed by atoms with Crippen LogP contribution in [0.2, 0.25) is 0 Å². The Hall–Kier alpha value is -1.66. The lowest BCUT2D eigenvalue weighted by molar-refractivity contribution is 1.12. The Morgan fingerprint density at radius 2 is 2.33 bits per heavy atom. The second kappa shape index (κ2) is 4.24. The van der Waals surface area contributed by atoms with Crippen LogP contribution in [0.3, 0.4) is 0 Å². The van der Waals surface area contributed by atoms with E-state index in [-0.39, 0.29) is 0 Å². The smallest absolute Gasteiger partial charge is 0.0930 e. The summed E-state index contributed by atoms with van der Waals surface area (Å²) >= 11 is 5.83. The highest BCUT2D eigenvalue weighted by molar-refractivity contribution is 6.17. The Bertz CT molecular complexity index is 531. The van der Waals surface area contributed by atoms with Crippen molar-refractivity contribution in [2.45, 2.75) is 12.3 Å². The second-order valence-corrected chi connectivity index (χ2v) is 3.38. The number of rotatable bonds is 2. The van der Waals surface area contributed by atoms with E-state index in [4.69, 9.17) is 16.9 Å². The van der Waals surface area contributed by atoms with Crippen molar-refractivity contribution in [3.05, 3.63) is 35.7 Å². The summed E-state index contributed by atoms with van der Waals surface area (Å²) in [6, 6.07) is 7.61. The fourth-order valence-corrected chi connectivity index (χ4v) is 1.67. The zero-order valence-corrected chi connectivity index (χ0v) is 8.70. The summed E-state index contributed by atoms with van der Waals surface area (Å²) in [4.78, 5) is 8.55. The van der Waals surface area contributed by atoms with Gasteiger partial charge in [0.2, 0.25) is 0 Å². The van der Waals surface area contributed by atoms with Crippen LogP contribution in [0.4, 0.5) is 0 Å². The van der Waals surface area contributed by atoms with Crippen LogP contribution >= 0.6 is 11.6 Å². The molecule has 0 saturated carbocycles. The number of nitriles is 1. The first-order valence-corrected chi connectivity index (χ1v) is 5.05. The predicted octanol–water partition coefficient (Wildman–Crippen LogP) is 2.43. The van der Waals surface area contributed by atoms with Crippen molar-refractivity contribution < 1.29 is 0 Å². The van der Waals surface area contributed by atoms with Crippen molar-refractivity contribution in [3.63, 3.8) is 0 Å². The van der Waals surface area contributed by atoms with Gasteiger partial charge in [-0.25, -0.2) is 0 Å². The maximum Gasteiger partial charge on any atom is 0.0930 e. The third-order valence-corrected chi connectivity index (χ3v) is 2.39. The maximum absolute atomic E-state index is 8.62. The molecule has 2 rings (SSSR count). The number of hydrogen-bond donors (Lipinski definition) is 0. The molecule has 2 heterocycles. The number of nitrogens with zero attached hydrogens (tertiary/aromatic N) is 3. The van der Waals surface area contributed by atoms with E-state index in [0.717, 1.165) is 22.3 Å². The monoisotopic (exact) mass is 217 g/mol. The van der Waals surface area contributed by atoms with Gasteiger partial charge in [-0.05, 0) is 23.8 Å². The minimum atomic E-state index is 0.300. The minimum absolute atomic E-state index is 0.300. The van der Waals surface area contributed by atoms with E-state index in [2.05, 4.69) is 16.0 Å². The molecule has 0 unspecified atom stereocenters. The standard InChI is InChI=1S/C11H8ClN3/c12-7-8-6-9(3-4-13)15-10-2-1-5-14-11(8)10/h1-2,5-6H,3,7H2. The van der Waals surface area contributed by atoms with Crippen LogP contribution in [0.5, 0.6) is 0 Å². The molecule has 0 radical (unpaired) electrons. The summed E-state index contributed by atoms with van der Waals surface area (Å²) in [5.74, 6) is 0.383. The van der Waals surface area contributed by atoms with E-state index in [9.17, 15) is 0 Å². The minimum Gasteiger partial charge on any atom is -0.254 e. The number of hydrogen-bond acceptors (Lipinski definition) is 3. The van der Waals surface area contributed by atoms with Gasteiger partial charge in [0.1, 0.15) is 0 Å². The van der Waals surface area contributed by atoms with Gasteiger partial charge in [-0.3, -0.25) is 9.97 Å². The molecule has 3 nitrogen and oxygen atoms in total. The Labute approximate surface area is 92.3 Å². The molecule has 2 aromatic heterocycles. The molecule has 0 saturated heterocycles. The van der Waals surface area contributed by atoms with Crippen LogP contribution in [0.1, 0.15) is 11.3 Å². The Balaban J connectivity index is 2.67. The highest BCUT2D eigenvalue weighted by Crippen LogP contribution is 2.17. The Morgan fingerprint density at radius 1 is 1.47 bits per heavy atom. The normalized spacial score (nSPS) is 10.1. The highest BCUT2D eigenvalue weighted by Gasteiger charge is 2.05. The maximum atomic E-state index is 8.62. The molecule has 74 valence electrons. The second-order valence-electron chi connectivity index (χ2n) is 3.11. The van der Waals surface area contributed by atoms with Crippen molar-refractivity contribution in [2.75, 3.05) is 0 Å². The lowest BCUT2D eigenvalue weighted by Gasteiger charge is -2.03. The number of pyridine rings is 2. The van der Waals surface area contributed by atoms with Gasteiger partial charge in [0.25, 0.3) is 0 Å². The molecule has 0 bridgehead atoms. The Kier molecular flexibility index (Phi) is 2.79. The zero-order chi connectivity index (χ0) is 10.7. The molecule has 0 amide bonds. The van der Waals surface area contributed by atoms with E-state index in [1.54, 1.807) is 6.20 Å². The number of aromatic nitrogens is 2. The summed E-state index contributed by atoms with van der Waals surface area (Å²) in [5.41, 5.74) is 3.27. The van der Waals surface area contributed by atoms with Gasteiger partial charge in [0.15, 0.2) is 0 Å². The summed E-state index contributed by atoms with van der Waals surface area (Å²) < 4.78 is 0. The van der Waals surface area contributed by atoms with Gasteiger partial charge in [0, 0.05) is 12.1 Å². The molecule has 4 heteroatoms.